The molecule has 158 valence electrons. The second-order valence-electron chi connectivity index (χ2n) is 6.88. The topological polar surface area (TPSA) is 114 Å². The molecule has 1 heterocycles. The maximum absolute atomic E-state index is 12.6. The highest BCUT2D eigenvalue weighted by molar-refractivity contribution is 8.00. The number of rotatable bonds is 9. The molecule has 29 heavy (non-hydrogen) atoms. The van der Waals surface area contributed by atoms with E-state index in [2.05, 4.69) is 12.2 Å². The first kappa shape index (κ1) is 22.6. The molecule has 1 aromatic heterocycles. The van der Waals surface area contributed by atoms with E-state index in [1.807, 2.05) is 0 Å². The standard InChI is InChI=1S/C20H27N3O5S/c1-5-6-7-17(21-18-12(2)22(3)20(28)23(4)19(18)27)29-11-16(26)13-8-9-14(24)15(25)10-13/h8-10,17,21,24-25H,5-7,11H2,1-4H3. The number of carbonyl (C=O) groups excluding carboxylic acids is 1. The largest absolute Gasteiger partial charge is 0.504 e. The normalized spacial score (nSPS) is 12.0. The van der Waals surface area contributed by atoms with Crippen LogP contribution < -0.4 is 16.6 Å². The van der Waals surface area contributed by atoms with Crippen LogP contribution in [0.25, 0.3) is 0 Å². The van der Waals surface area contributed by atoms with Gasteiger partial charge in [-0.1, -0.05) is 19.8 Å². The van der Waals surface area contributed by atoms with Crippen LogP contribution in [0.2, 0.25) is 0 Å². The van der Waals surface area contributed by atoms with E-state index < -0.39 is 11.2 Å². The van der Waals surface area contributed by atoms with Gasteiger partial charge in [0.2, 0.25) is 0 Å². The maximum atomic E-state index is 12.6. The van der Waals surface area contributed by atoms with Crippen LogP contribution in [0.1, 0.15) is 42.2 Å². The molecule has 0 radical (unpaired) electrons. The van der Waals surface area contributed by atoms with E-state index in [0.29, 0.717) is 16.9 Å². The van der Waals surface area contributed by atoms with Gasteiger partial charge < -0.3 is 15.5 Å². The van der Waals surface area contributed by atoms with Crippen LogP contribution in [0.4, 0.5) is 5.69 Å². The van der Waals surface area contributed by atoms with Gasteiger partial charge in [0.05, 0.1) is 11.1 Å². The predicted molar refractivity (Wildman–Crippen MR) is 115 cm³/mol. The lowest BCUT2D eigenvalue weighted by atomic mass is 10.1. The van der Waals surface area contributed by atoms with E-state index in [1.165, 1.54) is 41.6 Å². The van der Waals surface area contributed by atoms with Crippen molar-refractivity contribution in [3.8, 4) is 11.5 Å². The van der Waals surface area contributed by atoms with Gasteiger partial charge in [0.1, 0.15) is 5.69 Å². The maximum Gasteiger partial charge on any atom is 0.330 e. The Morgan fingerprint density at radius 3 is 2.48 bits per heavy atom. The Morgan fingerprint density at radius 2 is 1.86 bits per heavy atom. The van der Waals surface area contributed by atoms with E-state index >= 15 is 0 Å². The molecule has 0 saturated heterocycles. The molecule has 1 unspecified atom stereocenters. The van der Waals surface area contributed by atoms with Crippen LogP contribution in [0, 0.1) is 6.92 Å². The third kappa shape index (κ3) is 5.23. The van der Waals surface area contributed by atoms with Crippen LogP contribution in [0.15, 0.2) is 27.8 Å². The smallest absolute Gasteiger partial charge is 0.330 e. The summed E-state index contributed by atoms with van der Waals surface area (Å²) < 4.78 is 2.47. The van der Waals surface area contributed by atoms with Crippen molar-refractivity contribution in [3.63, 3.8) is 0 Å². The number of carbonyl (C=O) groups is 1. The molecule has 8 nitrogen and oxygen atoms in total. The minimum atomic E-state index is -0.400. The van der Waals surface area contributed by atoms with Gasteiger partial charge in [-0.3, -0.25) is 18.7 Å². The van der Waals surface area contributed by atoms with Crippen molar-refractivity contribution in [3.05, 3.63) is 50.3 Å². The Hall–Kier alpha value is -2.68. The Kier molecular flexibility index (Phi) is 7.55. The second kappa shape index (κ2) is 9.69. The average Bonchev–Trinajstić information content (AvgIpc) is 2.71. The van der Waals surface area contributed by atoms with Gasteiger partial charge in [-0.25, -0.2) is 4.79 Å². The summed E-state index contributed by atoms with van der Waals surface area (Å²) >= 11 is 1.36. The Balaban J connectivity index is 2.20. The Bertz CT molecular complexity index is 1010. The highest BCUT2D eigenvalue weighted by atomic mass is 32.2. The molecule has 0 saturated carbocycles. The zero-order valence-electron chi connectivity index (χ0n) is 17.1. The molecule has 0 aliphatic carbocycles. The molecular weight excluding hydrogens is 394 g/mol. The summed E-state index contributed by atoms with van der Waals surface area (Å²) in [5, 5.41) is 22.0. The lowest BCUT2D eigenvalue weighted by Gasteiger charge is -2.21. The molecule has 1 atom stereocenters. The number of unbranched alkanes of at least 4 members (excludes halogenated alkanes) is 1. The molecule has 0 fully saturated rings. The van der Waals surface area contributed by atoms with Crippen molar-refractivity contribution >= 4 is 23.2 Å². The lowest BCUT2D eigenvalue weighted by Crippen LogP contribution is -2.40. The van der Waals surface area contributed by atoms with Gasteiger partial charge in [-0.2, -0.15) is 0 Å². The van der Waals surface area contributed by atoms with Gasteiger partial charge in [0.15, 0.2) is 17.3 Å². The number of hydrogen-bond donors (Lipinski definition) is 3. The molecule has 3 N–H and O–H groups in total. The van der Waals surface area contributed by atoms with Crippen molar-refractivity contribution in [2.24, 2.45) is 14.1 Å². The fourth-order valence-electron chi connectivity index (χ4n) is 2.82. The molecule has 0 spiro atoms. The number of benzene rings is 1. The fourth-order valence-corrected chi connectivity index (χ4v) is 3.87. The molecule has 2 rings (SSSR count). The van der Waals surface area contributed by atoms with E-state index in [4.69, 9.17) is 0 Å². The highest BCUT2D eigenvalue weighted by Crippen LogP contribution is 2.27. The third-order valence-electron chi connectivity index (χ3n) is 4.80. The monoisotopic (exact) mass is 421 g/mol. The molecule has 0 bridgehead atoms. The number of aromatic nitrogens is 2. The molecular formula is C20H27N3O5S. The summed E-state index contributed by atoms with van der Waals surface area (Å²) in [5.74, 6) is -0.682. The quantitative estimate of drug-likeness (QED) is 0.323. The number of ketones is 1. The number of phenols is 2. The van der Waals surface area contributed by atoms with E-state index in [9.17, 15) is 24.6 Å². The van der Waals surface area contributed by atoms with Gasteiger partial charge in [-0.15, -0.1) is 11.8 Å². The summed E-state index contributed by atoms with van der Waals surface area (Å²) in [6, 6.07) is 3.97. The molecule has 0 aliphatic rings. The zero-order chi connectivity index (χ0) is 21.7. The van der Waals surface area contributed by atoms with Crippen molar-refractivity contribution in [2.75, 3.05) is 11.1 Å². The van der Waals surface area contributed by atoms with Crippen molar-refractivity contribution in [2.45, 2.75) is 38.5 Å². The first-order valence-corrected chi connectivity index (χ1v) is 10.4. The molecule has 2 aromatic rings. The van der Waals surface area contributed by atoms with Crippen LogP contribution in [0.5, 0.6) is 11.5 Å². The minimum absolute atomic E-state index is 0.136. The second-order valence-corrected chi connectivity index (χ2v) is 8.07. The SMILES string of the molecule is CCCCC(Nc1c(C)n(C)c(=O)n(C)c1=O)SCC(=O)c1ccc(O)c(O)c1. The van der Waals surface area contributed by atoms with Gasteiger partial charge in [-0.05, 0) is 31.5 Å². The Labute approximate surface area is 173 Å². The molecule has 9 heteroatoms. The minimum Gasteiger partial charge on any atom is -0.504 e. The summed E-state index contributed by atoms with van der Waals surface area (Å²) in [4.78, 5) is 37.1. The molecule has 0 amide bonds. The van der Waals surface area contributed by atoms with Gasteiger partial charge in [0.25, 0.3) is 5.56 Å². The number of phenolic OH excluding ortho intramolecular Hbond substituents is 2. The first-order valence-electron chi connectivity index (χ1n) is 9.37. The van der Waals surface area contributed by atoms with Crippen LogP contribution in [0.3, 0.4) is 0 Å². The average molecular weight is 422 g/mol. The summed E-state index contributed by atoms with van der Waals surface area (Å²) in [6.45, 7) is 3.76. The number of nitrogens with zero attached hydrogens (tertiary/aromatic N) is 2. The van der Waals surface area contributed by atoms with Crippen molar-refractivity contribution in [1.82, 2.24) is 9.13 Å². The number of aromatic hydroxyl groups is 2. The summed E-state index contributed by atoms with van der Waals surface area (Å²) in [7, 11) is 3.04. The van der Waals surface area contributed by atoms with E-state index in [-0.39, 0.29) is 28.4 Å². The van der Waals surface area contributed by atoms with E-state index in [1.54, 1.807) is 14.0 Å². The van der Waals surface area contributed by atoms with E-state index in [0.717, 1.165) is 23.8 Å². The van der Waals surface area contributed by atoms with Crippen molar-refractivity contribution in [1.29, 1.82) is 0 Å². The fraction of sp³-hybridized carbons (Fsp3) is 0.450. The summed E-state index contributed by atoms with van der Waals surface area (Å²) in [5.41, 5.74) is 0.393. The van der Waals surface area contributed by atoms with Crippen LogP contribution in [-0.4, -0.2) is 36.3 Å². The predicted octanol–water partition coefficient (Wildman–Crippen LogP) is 2.35. The van der Waals surface area contributed by atoms with Gasteiger partial charge >= 0.3 is 5.69 Å². The number of thioether (sulfide) groups is 1. The molecule has 1 aromatic carbocycles. The first-order chi connectivity index (χ1) is 13.7. The van der Waals surface area contributed by atoms with Gasteiger partial charge in [0, 0.05) is 25.4 Å². The summed E-state index contributed by atoms with van der Waals surface area (Å²) in [6.07, 6.45) is 2.60. The number of nitrogens with one attached hydrogen (secondary N) is 1. The molecule has 0 aliphatic heterocycles. The zero-order valence-corrected chi connectivity index (χ0v) is 17.9. The lowest BCUT2D eigenvalue weighted by molar-refractivity contribution is 0.102. The number of hydrogen-bond acceptors (Lipinski definition) is 7. The number of Topliss-reactive ketones (excluding diaryl/α,β-unsaturated/α-hetero) is 1. The third-order valence-corrected chi connectivity index (χ3v) is 5.98. The van der Waals surface area contributed by atoms with Crippen LogP contribution in [-0.2, 0) is 14.1 Å². The van der Waals surface area contributed by atoms with Crippen LogP contribution >= 0.6 is 11.8 Å². The highest BCUT2D eigenvalue weighted by Gasteiger charge is 2.18. The van der Waals surface area contributed by atoms with Crippen molar-refractivity contribution < 1.29 is 15.0 Å². The number of anilines is 1. The Morgan fingerprint density at radius 1 is 1.17 bits per heavy atom.